The number of carbonyl (C=O) groups is 1. The molecule has 0 bridgehead atoms. The SMILES string of the molecule is CC(=N)/C(C(C)=O)=C(\O)CSc1ncccn1. The molecule has 0 saturated heterocycles. The number of aromatic nitrogens is 2. The lowest BCUT2D eigenvalue weighted by atomic mass is 10.1. The first kappa shape index (κ1) is 13.4. The van der Waals surface area contributed by atoms with Gasteiger partial charge in [-0.2, -0.15) is 0 Å². The van der Waals surface area contributed by atoms with Gasteiger partial charge in [0.1, 0.15) is 5.76 Å². The maximum atomic E-state index is 11.2. The van der Waals surface area contributed by atoms with Crippen LogP contribution in [0.25, 0.3) is 0 Å². The van der Waals surface area contributed by atoms with Crippen LogP contribution in [-0.2, 0) is 4.79 Å². The van der Waals surface area contributed by atoms with Crippen LogP contribution in [0.5, 0.6) is 0 Å². The zero-order valence-electron chi connectivity index (χ0n) is 9.60. The zero-order chi connectivity index (χ0) is 12.8. The Morgan fingerprint density at radius 3 is 2.47 bits per heavy atom. The van der Waals surface area contributed by atoms with Gasteiger partial charge in [0.15, 0.2) is 10.9 Å². The van der Waals surface area contributed by atoms with Crippen molar-refractivity contribution in [2.24, 2.45) is 0 Å². The number of hydrogen-bond donors (Lipinski definition) is 2. The third-order valence-electron chi connectivity index (χ3n) is 1.90. The van der Waals surface area contributed by atoms with Crippen molar-refractivity contribution in [3.05, 3.63) is 29.8 Å². The van der Waals surface area contributed by atoms with E-state index >= 15 is 0 Å². The zero-order valence-corrected chi connectivity index (χ0v) is 10.4. The molecule has 90 valence electrons. The third-order valence-corrected chi connectivity index (χ3v) is 2.78. The van der Waals surface area contributed by atoms with E-state index in [1.807, 2.05) is 0 Å². The second kappa shape index (κ2) is 6.15. The smallest absolute Gasteiger partial charge is 0.187 e. The van der Waals surface area contributed by atoms with Gasteiger partial charge in [-0.1, -0.05) is 11.8 Å². The predicted molar refractivity (Wildman–Crippen MR) is 66.5 cm³/mol. The molecule has 17 heavy (non-hydrogen) atoms. The van der Waals surface area contributed by atoms with E-state index in [0.717, 1.165) is 0 Å². The van der Waals surface area contributed by atoms with Gasteiger partial charge >= 0.3 is 0 Å². The third kappa shape index (κ3) is 3.99. The maximum absolute atomic E-state index is 11.2. The number of rotatable bonds is 5. The molecule has 0 aliphatic rings. The Bertz CT molecular complexity index is 441. The normalized spacial score (nSPS) is 11.9. The fourth-order valence-electron chi connectivity index (χ4n) is 1.25. The number of nitrogens with one attached hydrogen (secondary N) is 1. The van der Waals surface area contributed by atoms with Gasteiger partial charge < -0.3 is 10.5 Å². The molecule has 1 aromatic heterocycles. The van der Waals surface area contributed by atoms with Gasteiger partial charge in [0.2, 0.25) is 0 Å². The summed E-state index contributed by atoms with van der Waals surface area (Å²) in [6.45, 7) is 2.80. The van der Waals surface area contributed by atoms with Crippen LogP contribution in [0.15, 0.2) is 34.9 Å². The number of Topliss-reactive ketones (excluding diaryl/α,β-unsaturated/α-hetero) is 1. The summed E-state index contributed by atoms with van der Waals surface area (Å²) < 4.78 is 0. The quantitative estimate of drug-likeness (QED) is 0.275. The average Bonchev–Trinajstić information content (AvgIpc) is 2.27. The highest BCUT2D eigenvalue weighted by molar-refractivity contribution is 7.99. The van der Waals surface area contributed by atoms with Gasteiger partial charge in [0, 0.05) is 18.1 Å². The molecule has 5 nitrogen and oxygen atoms in total. The topological polar surface area (TPSA) is 86.9 Å². The van der Waals surface area contributed by atoms with Crippen LogP contribution in [0.2, 0.25) is 0 Å². The number of aliphatic hydroxyl groups excluding tert-OH is 1. The molecule has 0 aromatic carbocycles. The molecule has 0 atom stereocenters. The first-order chi connectivity index (χ1) is 8.02. The van der Waals surface area contributed by atoms with Gasteiger partial charge in [-0.05, 0) is 19.9 Å². The highest BCUT2D eigenvalue weighted by Crippen LogP contribution is 2.17. The van der Waals surface area contributed by atoms with Gasteiger partial charge in [-0.25, -0.2) is 9.97 Å². The van der Waals surface area contributed by atoms with Crippen molar-refractivity contribution in [1.82, 2.24) is 9.97 Å². The molecular formula is C11H13N3O2S. The second-order valence-corrected chi connectivity index (χ2v) is 4.27. The monoisotopic (exact) mass is 251 g/mol. The van der Waals surface area contributed by atoms with Crippen molar-refractivity contribution in [1.29, 1.82) is 5.41 Å². The first-order valence-corrected chi connectivity index (χ1v) is 5.89. The van der Waals surface area contributed by atoms with Crippen LogP contribution in [0.4, 0.5) is 0 Å². The molecule has 0 spiro atoms. The van der Waals surface area contributed by atoms with Crippen molar-refractivity contribution in [3.63, 3.8) is 0 Å². The van der Waals surface area contributed by atoms with Crippen LogP contribution in [-0.4, -0.2) is 32.3 Å². The summed E-state index contributed by atoms with van der Waals surface area (Å²) in [4.78, 5) is 19.2. The summed E-state index contributed by atoms with van der Waals surface area (Å²) in [5.74, 6) is -0.248. The van der Waals surface area contributed by atoms with E-state index < -0.39 is 0 Å². The fourth-order valence-corrected chi connectivity index (χ4v) is 1.93. The molecule has 6 heteroatoms. The molecule has 1 heterocycles. The minimum atomic E-state index is -0.315. The number of carbonyl (C=O) groups excluding carboxylic acids is 1. The van der Waals surface area contributed by atoms with Crippen molar-refractivity contribution < 1.29 is 9.90 Å². The molecule has 1 rings (SSSR count). The Morgan fingerprint density at radius 2 is 2.00 bits per heavy atom. The summed E-state index contributed by atoms with van der Waals surface area (Å²) in [7, 11) is 0. The van der Waals surface area contributed by atoms with Gasteiger partial charge in [0.05, 0.1) is 11.3 Å². The lowest BCUT2D eigenvalue weighted by Gasteiger charge is -2.05. The molecular weight excluding hydrogens is 238 g/mol. The lowest BCUT2D eigenvalue weighted by Crippen LogP contribution is -2.10. The summed E-state index contributed by atoms with van der Waals surface area (Å²) in [5, 5.41) is 17.7. The number of aliphatic hydroxyl groups is 1. The van der Waals surface area contributed by atoms with Gasteiger partial charge in [-0.15, -0.1) is 0 Å². The molecule has 0 radical (unpaired) electrons. The fraction of sp³-hybridized carbons (Fsp3) is 0.273. The second-order valence-electron chi connectivity index (χ2n) is 3.32. The molecule has 0 fully saturated rings. The highest BCUT2D eigenvalue weighted by Gasteiger charge is 2.13. The summed E-state index contributed by atoms with van der Waals surface area (Å²) in [5.41, 5.74) is 0.123. The number of allylic oxidation sites excluding steroid dienone is 1. The molecule has 0 amide bonds. The Hall–Kier alpha value is -1.69. The van der Waals surface area contributed by atoms with E-state index in [4.69, 9.17) is 5.41 Å². The Labute approximate surface area is 103 Å². The van der Waals surface area contributed by atoms with Crippen LogP contribution < -0.4 is 0 Å². The number of ketones is 1. The van der Waals surface area contributed by atoms with Crippen LogP contribution in [0, 0.1) is 5.41 Å². The maximum Gasteiger partial charge on any atom is 0.187 e. The molecule has 0 aliphatic heterocycles. The Kier molecular flexibility index (Phi) is 4.84. The van der Waals surface area contributed by atoms with Crippen LogP contribution in [0.1, 0.15) is 13.8 Å². The first-order valence-electron chi connectivity index (χ1n) is 4.90. The summed E-state index contributed by atoms with van der Waals surface area (Å²) in [6, 6.07) is 1.70. The summed E-state index contributed by atoms with van der Waals surface area (Å²) >= 11 is 1.21. The summed E-state index contributed by atoms with van der Waals surface area (Å²) in [6.07, 6.45) is 3.20. The molecule has 0 aliphatic carbocycles. The van der Waals surface area contributed by atoms with E-state index in [2.05, 4.69) is 9.97 Å². The van der Waals surface area contributed by atoms with E-state index in [1.165, 1.54) is 25.6 Å². The van der Waals surface area contributed by atoms with Gasteiger partial charge in [-0.3, -0.25) is 4.79 Å². The molecule has 2 N–H and O–H groups in total. The number of thioether (sulfide) groups is 1. The largest absolute Gasteiger partial charge is 0.511 e. The number of nitrogens with zero attached hydrogens (tertiary/aromatic N) is 2. The molecule has 1 aromatic rings. The van der Waals surface area contributed by atoms with Gasteiger partial charge in [0.25, 0.3) is 0 Å². The Balaban J connectivity index is 2.77. The van der Waals surface area contributed by atoms with Crippen molar-refractivity contribution in [3.8, 4) is 0 Å². The van der Waals surface area contributed by atoms with E-state index in [1.54, 1.807) is 18.5 Å². The van der Waals surface area contributed by atoms with E-state index in [-0.39, 0.29) is 28.6 Å². The highest BCUT2D eigenvalue weighted by atomic mass is 32.2. The Morgan fingerprint density at radius 1 is 1.41 bits per heavy atom. The molecule has 0 saturated carbocycles. The van der Waals surface area contributed by atoms with E-state index in [0.29, 0.717) is 5.16 Å². The van der Waals surface area contributed by atoms with Crippen LogP contribution in [0.3, 0.4) is 0 Å². The standard InChI is InChI=1S/C11H13N3O2S/c1-7(12)10(8(2)15)9(16)6-17-11-13-4-3-5-14-11/h3-5,12,16H,6H2,1-2H3/b10-9+,12-7?. The van der Waals surface area contributed by atoms with Crippen molar-refractivity contribution in [2.75, 3.05) is 5.75 Å². The average molecular weight is 251 g/mol. The predicted octanol–water partition coefficient (Wildman–Crippen LogP) is 2.01. The molecule has 0 unspecified atom stereocenters. The minimum absolute atomic E-state index is 0.0598. The van der Waals surface area contributed by atoms with E-state index in [9.17, 15) is 9.90 Å². The van der Waals surface area contributed by atoms with Crippen molar-refractivity contribution in [2.45, 2.75) is 19.0 Å². The lowest BCUT2D eigenvalue weighted by molar-refractivity contribution is -0.113. The van der Waals surface area contributed by atoms with Crippen LogP contribution >= 0.6 is 11.8 Å². The van der Waals surface area contributed by atoms with Crippen molar-refractivity contribution >= 4 is 23.3 Å². The number of hydrogen-bond acceptors (Lipinski definition) is 6. The minimum Gasteiger partial charge on any atom is -0.511 e.